The van der Waals surface area contributed by atoms with Gasteiger partial charge >= 0.3 is 0 Å². The maximum Gasteiger partial charge on any atom is 0.254 e. The van der Waals surface area contributed by atoms with E-state index in [-0.39, 0.29) is 23.5 Å². The van der Waals surface area contributed by atoms with E-state index in [9.17, 15) is 18.4 Å². The summed E-state index contributed by atoms with van der Waals surface area (Å²) in [5, 5.41) is 2.33. The third-order valence-electron chi connectivity index (χ3n) is 3.00. The Morgan fingerprint density at radius 1 is 1.05 bits per heavy atom. The maximum atomic E-state index is 13.5. The van der Waals surface area contributed by atoms with Gasteiger partial charge in [-0.3, -0.25) is 9.59 Å². The standard InChI is InChI=1S/C16H13F2NO2/c1-10-7-12(14(18)8-13(10)17)16(21)19-9-15(20)11-5-3-2-4-6-11/h2-8H,9H2,1H3,(H,19,21). The van der Waals surface area contributed by atoms with Gasteiger partial charge in [-0.2, -0.15) is 0 Å². The van der Waals surface area contributed by atoms with Crippen molar-refractivity contribution in [2.24, 2.45) is 0 Å². The molecule has 0 heterocycles. The van der Waals surface area contributed by atoms with Crippen LogP contribution in [0.25, 0.3) is 0 Å². The van der Waals surface area contributed by atoms with E-state index in [2.05, 4.69) is 5.32 Å². The highest BCUT2D eigenvalue weighted by atomic mass is 19.1. The third-order valence-corrected chi connectivity index (χ3v) is 3.00. The highest BCUT2D eigenvalue weighted by molar-refractivity contribution is 6.02. The molecule has 2 aromatic rings. The molecular weight excluding hydrogens is 276 g/mol. The number of carbonyl (C=O) groups excluding carboxylic acids is 2. The smallest absolute Gasteiger partial charge is 0.254 e. The van der Waals surface area contributed by atoms with Crippen LogP contribution in [0.2, 0.25) is 0 Å². The Bertz CT molecular complexity index is 684. The van der Waals surface area contributed by atoms with Crippen LogP contribution in [0.1, 0.15) is 26.3 Å². The molecule has 2 aromatic carbocycles. The first-order valence-electron chi connectivity index (χ1n) is 6.31. The number of hydrogen-bond acceptors (Lipinski definition) is 2. The fraction of sp³-hybridized carbons (Fsp3) is 0.125. The molecule has 0 unspecified atom stereocenters. The predicted octanol–water partition coefficient (Wildman–Crippen LogP) is 2.89. The van der Waals surface area contributed by atoms with Crippen LogP contribution in [0.15, 0.2) is 42.5 Å². The van der Waals surface area contributed by atoms with Crippen molar-refractivity contribution in [2.75, 3.05) is 6.54 Å². The number of hydrogen-bond donors (Lipinski definition) is 1. The molecule has 3 nitrogen and oxygen atoms in total. The monoisotopic (exact) mass is 289 g/mol. The summed E-state index contributed by atoms with van der Waals surface area (Å²) in [6.07, 6.45) is 0. The molecule has 5 heteroatoms. The van der Waals surface area contributed by atoms with Crippen molar-refractivity contribution in [1.82, 2.24) is 5.32 Å². The molecule has 2 rings (SSSR count). The van der Waals surface area contributed by atoms with Crippen molar-refractivity contribution in [3.05, 3.63) is 70.8 Å². The molecule has 0 saturated carbocycles. The van der Waals surface area contributed by atoms with E-state index in [1.165, 1.54) is 6.92 Å². The van der Waals surface area contributed by atoms with Gasteiger partial charge in [-0.1, -0.05) is 30.3 Å². The predicted molar refractivity (Wildman–Crippen MR) is 74.2 cm³/mol. The van der Waals surface area contributed by atoms with Gasteiger partial charge in [-0.15, -0.1) is 0 Å². The summed E-state index contributed by atoms with van der Waals surface area (Å²) >= 11 is 0. The van der Waals surface area contributed by atoms with Gasteiger partial charge in [0.05, 0.1) is 12.1 Å². The second-order valence-electron chi connectivity index (χ2n) is 4.55. The van der Waals surface area contributed by atoms with Gasteiger partial charge in [0.2, 0.25) is 0 Å². The van der Waals surface area contributed by atoms with Crippen molar-refractivity contribution in [2.45, 2.75) is 6.92 Å². The minimum atomic E-state index is -0.956. The average Bonchev–Trinajstić information content (AvgIpc) is 2.49. The van der Waals surface area contributed by atoms with E-state index in [0.29, 0.717) is 11.6 Å². The zero-order chi connectivity index (χ0) is 15.4. The van der Waals surface area contributed by atoms with E-state index >= 15 is 0 Å². The quantitative estimate of drug-likeness (QED) is 0.880. The molecule has 1 amide bonds. The first-order chi connectivity index (χ1) is 9.99. The van der Waals surface area contributed by atoms with Gasteiger partial charge < -0.3 is 5.32 Å². The largest absolute Gasteiger partial charge is 0.344 e. The van der Waals surface area contributed by atoms with Gasteiger partial charge in [0.1, 0.15) is 11.6 Å². The van der Waals surface area contributed by atoms with Crippen molar-refractivity contribution in [3.8, 4) is 0 Å². The number of carbonyl (C=O) groups is 2. The van der Waals surface area contributed by atoms with Crippen molar-refractivity contribution in [1.29, 1.82) is 0 Å². The van der Waals surface area contributed by atoms with Crippen LogP contribution >= 0.6 is 0 Å². The maximum absolute atomic E-state index is 13.5. The molecule has 0 atom stereocenters. The van der Waals surface area contributed by atoms with E-state index in [1.807, 2.05) is 0 Å². The molecule has 0 saturated heterocycles. The van der Waals surface area contributed by atoms with Crippen LogP contribution in [0.5, 0.6) is 0 Å². The van der Waals surface area contributed by atoms with Crippen LogP contribution in [0, 0.1) is 18.6 Å². The fourth-order valence-electron chi connectivity index (χ4n) is 1.81. The minimum Gasteiger partial charge on any atom is -0.344 e. The van der Waals surface area contributed by atoms with Gasteiger partial charge in [0.15, 0.2) is 5.78 Å². The van der Waals surface area contributed by atoms with E-state index in [0.717, 1.165) is 6.07 Å². The van der Waals surface area contributed by atoms with Crippen LogP contribution in [0.3, 0.4) is 0 Å². The summed E-state index contributed by atoms with van der Waals surface area (Å²) < 4.78 is 26.7. The van der Waals surface area contributed by atoms with Crippen molar-refractivity contribution < 1.29 is 18.4 Å². The number of halogens is 2. The van der Waals surface area contributed by atoms with Crippen LogP contribution in [-0.4, -0.2) is 18.2 Å². The first kappa shape index (κ1) is 14.8. The highest BCUT2D eigenvalue weighted by Gasteiger charge is 2.15. The molecule has 0 spiro atoms. The van der Waals surface area contributed by atoms with Gasteiger partial charge in [-0.05, 0) is 18.6 Å². The number of nitrogens with one attached hydrogen (secondary N) is 1. The summed E-state index contributed by atoms with van der Waals surface area (Å²) in [4.78, 5) is 23.7. The fourth-order valence-corrected chi connectivity index (χ4v) is 1.81. The Balaban J connectivity index is 2.06. The summed E-state index contributed by atoms with van der Waals surface area (Å²) in [7, 11) is 0. The number of rotatable bonds is 4. The van der Waals surface area contributed by atoms with E-state index in [4.69, 9.17) is 0 Å². The van der Waals surface area contributed by atoms with Crippen molar-refractivity contribution >= 4 is 11.7 Å². The summed E-state index contributed by atoms with van der Waals surface area (Å²) in [5.41, 5.74) is 0.333. The van der Waals surface area contributed by atoms with E-state index < -0.39 is 17.5 Å². The zero-order valence-corrected chi connectivity index (χ0v) is 11.3. The van der Waals surface area contributed by atoms with Gasteiger partial charge in [0.25, 0.3) is 5.91 Å². The molecule has 0 aliphatic heterocycles. The number of benzene rings is 2. The lowest BCUT2D eigenvalue weighted by molar-refractivity contribution is 0.0901. The van der Waals surface area contributed by atoms with Gasteiger partial charge in [0, 0.05) is 11.6 Å². The topological polar surface area (TPSA) is 46.2 Å². The third kappa shape index (κ3) is 3.51. The summed E-state index contributed by atoms with van der Waals surface area (Å²) in [6, 6.07) is 10.2. The van der Waals surface area contributed by atoms with Crippen molar-refractivity contribution in [3.63, 3.8) is 0 Å². The van der Waals surface area contributed by atoms with Gasteiger partial charge in [-0.25, -0.2) is 8.78 Å². The molecule has 0 radical (unpaired) electrons. The van der Waals surface area contributed by atoms with E-state index in [1.54, 1.807) is 30.3 Å². The lowest BCUT2D eigenvalue weighted by Crippen LogP contribution is -2.30. The van der Waals surface area contributed by atoms with Crippen LogP contribution in [-0.2, 0) is 0 Å². The van der Waals surface area contributed by atoms with Crippen LogP contribution in [0.4, 0.5) is 8.78 Å². The Morgan fingerprint density at radius 2 is 1.71 bits per heavy atom. The Kier molecular flexibility index (Phi) is 4.42. The lowest BCUT2D eigenvalue weighted by atomic mass is 10.1. The molecule has 0 aromatic heterocycles. The first-order valence-corrected chi connectivity index (χ1v) is 6.31. The second kappa shape index (κ2) is 6.26. The number of aryl methyl sites for hydroxylation is 1. The molecule has 21 heavy (non-hydrogen) atoms. The molecule has 1 N–H and O–H groups in total. The molecule has 0 bridgehead atoms. The Morgan fingerprint density at radius 3 is 2.38 bits per heavy atom. The minimum absolute atomic E-state index is 0.163. The highest BCUT2D eigenvalue weighted by Crippen LogP contribution is 2.14. The summed E-state index contributed by atoms with van der Waals surface area (Å²) in [5.74, 6) is -2.71. The summed E-state index contributed by atoms with van der Waals surface area (Å²) in [6.45, 7) is 1.18. The zero-order valence-electron chi connectivity index (χ0n) is 11.3. The average molecular weight is 289 g/mol. The molecular formula is C16H13F2NO2. The van der Waals surface area contributed by atoms with Crippen LogP contribution < -0.4 is 5.32 Å². The second-order valence-corrected chi connectivity index (χ2v) is 4.55. The lowest BCUT2D eigenvalue weighted by Gasteiger charge is -2.07. The molecule has 0 fully saturated rings. The normalized spacial score (nSPS) is 10.2. The Labute approximate surface area is 120 Å². The molecule has 0 aliphatic rings. The SMILES string of the molecule is Cc1cc(C(=O)NCC(=O)c2ccccc2)c(F)cc1F. The Hall–Kier alpha value is -2.56. The number of amides is 1. The number of Topliss-reactive ketones (excluding diaryl/α,β-unsaturated/α-hetero) is 1. The molecule has 108 valence electrons. The number of ketones is 1. The molecule has 0 aliphatic carbocycles.